The summed E-state index contributed by atoms with van der Waals surface area (Å²) >= 11 is 0. The molecule has 4 atom stereocenters. The molecule has 1 saturated carbocycles. The first kappa shape index (κ1) is 25.7. The Hall–Kier alpha value is -1.93. The van der Waals surface area contributed by atoms with Crippen molar-refractivity contribution < 1.29 is 22.7 Å². The van der Waals surface area contributed by atoms with Gasteiger partial charge in [-0.2, -0.15) is 4.31 Å². The van der Waals surface area contributed by atoms with Gasteiger partial charge in [0.25, 0.3) is 5.91 Å². The Balaban J connectivity index is 1.52. The van der Waals surface area contributed by atoms with Gasteiger partial charge in [-0.05, 0) is 63.5 Å². The van der Waals surface area contributed by atoms with E-state index in [1.807, 2.05) is 13.0 Å². The Morgan fingerprint density at radius 1 is 1.09 bits per heavy atom. The van der Waals surface area contributed by atoms with Crippen molar-refractivity contribution in [3.05, 3.63) is 29.3 Å². The minimum atomic E-state index is -3.60. The average molecular weight is 479 g/mol. The van der Waals surface area contributed by atoms with Crippen molar-refractivity contribution in [3.63, 3.8) is 0 Å². The van der Waals surface area contributed by atoms with Crippen molar-refractivity contribution in [2.24, 2.45) is 17.8 Å². The molecular weight excluding hydrogens is 440 g/mol. The maximum Gasteiger partial charge on any atom is 0.309 e. The van der Waals surface area contributed by atoms with Gasteiger partial charge in [-0.1, -0.05) is 44.4 Å². The Morgan fingerprint density at radius 3 is 2.39 bits per heavy atom. The van der Waals surface area contributed by atoms with Gasteiger partial charge in [-0.25, -0.2) is 8.42 Å². The molecule has 1 aliphatic heterocycles. The first-order chi connectivity index (χ1) is 15.5. The smallest absolute Gasteiger partial charge is 0.309 e. The fourth-order valence-corrected chi connectivity index (χ4v) is 6.64. The second-order valence-electron chi connectivity index (χ2n) is 9.91. The number of benzene rings is 1. The minimum Gasteiger partial charge on any atom is -0.452 e. The van der Waals surface area contributed by atoms with Crippen LogP contribution < -0.4 is 5.32 Å². The van der Waals surface area contributed by atoms with Crippen molar-refractivity contribution >= 4 is 21.9 Å². The molecule has 1 aromatic rings. The van der Waals surface area contributed by atoms with E-state index in [1.165, 1.54) is 10.7 Å². The van der Waals surface area contributed by atoms with Gasteiger partial charge in [0.2, 0.25) is 10.0 Å². The lowest BCUT2D eigenvalue weighted by atomic mass is 9.78. The number of carbonyl (C=O) groups excluding carboxylic acids is 2. The summed E-state index contributed by atoms with van der Waals surface area (Å²) in [5.41, 5.74) is 1.73. The molecule has 0 spiro atoms. The lowest BCUT2D eigenvalue weighted by Gasteiger charge is -2.35. The van der Waals surface area contributed by atoms with Gasteiger partial charge < -0.3 is 10.1 Å². The van der Waals surface area contributed by atoms with Gasteiger partial charge in [-0.3, -0.25) is 9.59 Å². The Labute approximate surface area is 198 Å². The highest BCUT2D eigenvalue weighted by Gasteiger charge is 2.35. The molecule has 1 saturated heterocycles. The number of nitrogens with one attached hydrogen (secondary N) is 1. The van der Waals surface area contributed by atoms with Crippen LogP contribution in [0.1, 0.15) is 64.0 Å². The summed E-state index contributed by atoms with van der Waals surface area (Å²) in [4.78, 5) is 25.6. The summed E-state index contributed by atoms with van der Waals surface area (Å²) in [5.74, 6) is -0.129. The molecule has 2 aliphatic rings. The Bertz CT molecular complexity index is 969. The van der Waals surface area contributed by atoms with E-state index in [1.54, 1.807) is 26.0 Å². The second-order valence-corrected chi connectivity index (χ2v) is 11.8. The molecule has 0 aromatic heterocycles. The average Bonchev–Trinajstić information content (AvgIpc) is 2.76. The van der Waals surface area contributed by atoms with Gasteiger partial charge in [0, 0.05) is 19.1 Å². The summed E-state index contributed by atoms with van der Waals surface area (Å²) in [6.45, 7) is 10.2. The van der Waals surface area contributed by atoms with Crippen LogP contribution in [0.4, 0.5) is 0 Å². The molecule has 7 nitrogen and oxygen atoms in total. The van der Waals surface area contributed by atoms with Crippen LogP contribution in [0.15, 0.2) is 23.1 Å². The van der Waals surface area contributed by atoms with E-state index in [9.17, 15) is 18.0 Å². The van der Waals surface area contributed by atoms with Crippen LogP contribution in [0.3, 0.4) is 0 Å². The van der Waals surface area contributed by atoms with Crippen molar-refractivity contribution in [1.29, 1.82) is 0 Å². The molecule has 1 heterocycles. The third-order valence-electron chi connectivity index (χ3n) is 7.43. The predicted molar refractivity (Wildman–Crippen MR) is 127 cm³/mol. The predicted octanol–water partition coefficient (Wildman–Crippen LogP) is 3.58. The van der Waals surface area contributed by atoms with Crippen LogP contribution >= 0.6 is 0 Å². The molecule has 2 fully saturated rings. The summed E-state index contributed by atoms with van der Waals surface area (Å²) in [7, 11) is -3.60. The van der Waals surface area contributed by atoms with E-state index in [4.69, 9.17) is 4.74 Å². The molecule has 1 aliphatic carbocycles. The summed E-state index contributed by atoms with van der Waals surface area (Å²) in [6, 6.07) is 5.42. The van der Waals surface area contributed by atoms with Crippen LogP contribution in [0.2, 0.25) is 0 Å². The lowest BCUT2D eigenvalue weighted by molar-refractivity contribution is -0.160. The zero-order valence-electron chi connectivity index (χ0n) is 20.5. The van der Waals surface area contributed by atoms with Gasteiger partial charge in [0.15, 0.2) is 6.10 Å². The molecule has 0 radical (unpaired) electrons. The van der Waals surface area contributed by atoms with Crippen molar-refractivity contribution in [3.8, 4) is 0 Å². The van der Waals surface area contributed by atoms with E-state index in [0.717, 1.165) is 24.0 Å². The van der Waals surface area contributed by atoms with Crippen molar-refractivity contribution in [1.82, 2.24) is 9.62 Å². The minimum absolute atomic E-state index is 0.112. The molecule has 1 amide bonds. The number of piperidine rings is 1. The molecule has 1 aromatic carbocycles. The highest BCUT2D eigenvalue weighted by molar-refractivity contribution is 7.89. The number of hydrogen-bond acceptors (Lipinski definition) is 5. The third kappa shape index (κ3) is 5.96. The number of amides is 1. The van der Waals surface area contributed by atoms with E-state index in [0.29, 0.717) is 29.6 Å². The van der Waals surface area contributed by atoms with Crippen LogP contribution in [0.5, 0.6) is 0 Å². The number of hydrogen-bond donors (Lipinski definition) is 1. The zero-order chi connectivity index (χ0) is 24.3. The van der Waals surface area contributed by atoms with E-state index in [2.05, 4.69) is 19.2 Å². The Morgan fingerprint density at radius 2 is 1.76 bits per heavy atom. The number of ether oxygens (including phenoxy) is 1. The molecule has 1 N–H and O–H groups in total. The molecule has 184 valence electrons. The number of nitrogens with zero attached hydrogens (tertiary/aromatic N) is 1. The number of rotatable bonds is 6. The van der Waals surface area contributed by atoms with E-state index < -0.39 is 28.0 Å². The molecule has 0 unspecified atom stereocenters. The number of carbonyl (C=O) groups is 2. The van der Waals surface area contributed by atoms with Crippen molar-refractivity contribution in [2.75, 3.05) is 13.1 Å². The van der Waals surface area contributed by atoms with Gasteiger partial charge in [0.05, 0.1) is 10.8 Å². The first-order valence-corrected chi connectivity index (χ1v) is 13.5. The Kier molecular flexibility index (Phi) is 8.22. The quantitative estimate of drug-likeness (QED) is 0.631. The number of sulfonamides is 1. The fraction of sp³-hybridized carbons (Fsp3) is 0.680. The SMILES string of the molecule is Cc1ccc(S(=O)(=O)N2CCC(C(=O)O[C@H](C)C(=O)N[C@@H]3CCC[C@H](C)[C@H]3C)CC2)c(C)c1. The normalized spacial score (nSPS) is 25.9. The maximum absolute atomic E-state index is 13.1. The van der Waals surface area contributed by atoms with Gasteiger partial charge >= 0.3 is 5.97 Å². The lowest BCUT2D eigenvalue weighted by Crippen LogP contribution is -2.48. The largest absolute Gasteiger partial charge is 0.452 e. The monoisotopic (exact) mass is 478 g/mol. The van der Waals surface area contributed by atoms with E-state index in [-0.39, 0.29) is 25.0 Å². The first-order valence-electron chi connectivity index (χ1n) is 12.1. The molecule has 33 heavy (non-hydrogen) atoms. The molecule has 0 bridgehead atoms. The summed E-state index contributed by atoms with van der Waals surface area (Å²) in [6.07, 6.45) is 3.12. The highest BCUT2D eigenvalue weighted by Crippen LogP contribution is 2.30. The van der Waals surface area contributed by atoms with Gasteiger partial charge in [0.1, 0.15) is 0 Å². The van der Waals surface area contributed by atoms with Crippen LogP contribution in [-0.2, 0) is 24.3 Å². The zero-order valence-corrected chi connectivity index (χ0v) is 21.3. The summed E-state index contributed by atoms with van der Waals surface area (Å²) in [5, 5.41) is 3.06. The number of aryl methyl sites for hydroxylation is 2. The van der Waals surface area contributed by atoms with Crippen molar-refractivity contribution in [2.45, 2.75) is 83.8 Å². The van der Waals surface area contributed by atoms with Gasteiger partial charge in [-0.15, -0.1) is 0 Å². The van der Waals surface area contributed by atoms with Crippen LogP contribution in [0, 0.1) is 31.6 Å². The van der Waals surface area contributed by atoms with Crippen LogP contribution in [0.25, 0.3) is 0 Å². The summed E-state index contributed by atoms with van der Waals surface area (Å²) < 4.78 is 33.0. The van der Waals surface area contributed by atoms with E-state index >= 15 is 0 Å². The molecule has 8 heteroatoms. The topological polar surface area (TPSA) is 92.8 Å². The molecule has 3 rings (SSSR count). The standard InChI is InChI=1S/C25H38N2O5S/c1-16-9-10-23(18(3)15-16)33(30,31)27-13-11-21(12-14-27)25(29)32-20(5)24(28)26-22-8-6-7-17(2)19(22)4/h9-10,15,17,19-22H,6-8,11-14H2,1-5H3,(H,26,28)/t17-,19+,20+,22+/m0/s1. The maximum atomic E-state index is 13.1. The highest BCUT2D eigenvalue weighted by atomic mass is 32.2. The second kappa shape index (κ2) is 10.6. The fourth-order valence-electron chi connectivity index (χ4n) is 4.97. The molecular formula is C25H38N2O5S. The third-order valence-corrected chi connectivity index (χ3v) is 9.49. The number of esters is 1. The van der Waals surface area contributed by atoms with Crippen LogP contribution in [-0.4, -0.2) is 49.8 Å².